The van der Waals surface area contributed by atoms with Crippen LogP contribution >= 0.6 is 0 Å². The monoisotopic (exact) mass is 549 g/mol. The van der Waals surface area contributed by atoms with Crippen molar-refractivity contribution in [1.82, 2.24) is 25.0 Å². The number of hydrogen-bond donors (Lipinski definition) is 4. The molecule has 13 heteroatoms. The highest BCUT2D eigenvalue weighted by atomic mass is 16.5. The van der Waals surface area contributed by atoms with Crippen LogP contribution in [-0.2, 0) is 16.0 Å². The number of nitrogens with one attached hydrogen (secondary N) is 2. The molecule has 2 heterocycles. The molecule has 0 aliphatic heterocycles. The van der Waals surface area contributed by atoms with Crippen molar-refractivity contribution in [3.05, 3.63) is 93.8 Å². The molecule has 0 aliphatic carbocycles. The first-order valence-corrected chi connectivity index (χ1v) is 12.1. The van der Waals surface area contributed by atoms with Gasteiger partial charge in [-0.1, -0.05) is 30.3 Å². The summed E-state index contributed by atoms with van der Waals surface area (Å²) in [5.74, 6) is 0.739. The summed E-state index contributed by atoms with van der Waals surface area (Å²) in [6, 6.07) is 16.4. The van der Waals surface area contributed by atoms with Gasteiger partial charge in [-0.2, -0.15) is 9.78 Å². The minimum Gasteiger partial charge on any atom is -0.493 e. The Labute approximate surface area is 230 Å². The number of nitrogens with two attached hydrogens (primary N) is 1. The summed E-state index contributed by atoms with van der Waals surface area (Å²) < 4.78 is 17.6. The van der Waals surface area contributed by atoms with Crippen LogP contribution in [0.5, 0.6) is 11.5 Å². The van der Waals surface area contributed by atoms with Gasteiger partial charge in [-0.3, -0.25) is 15.2 Å². The van der Waals surface area contributed by atoms with Gasteiger partial charge < -0.3 is 25.1 Å². The molecular weight excluding hydrogens is 518 g/mol. The summed E-state index contributed by atoms with van der Waals surface area (Å²) >= 11 is 0. The molecule has 4 rings (SSSR count). The van der Waals surface area contributed by atoms with Gasteiger partial charge in [0.15, 0.2) is 17.3 Å². The molecule has 0 amide bonds. The lowest BCUT2D eigenvalue weighted by atomic mass is 9.90. The Bertz CT molecular complexity index is 1460. The lowest BCUT2D eigenvalue weighted by Crippen LogP contribution is -2.17. The van der Waals surface area contributed by atoms with Crippen LogP contribution in [0.2, 0.25) is 0 Å². The molecule has 0 fully saturated rings. The summed E-state index contributed by atoms with van der Waals surface area (Å²) in [7, 11) is 3.18. The summed E-state index contributed by atoms with van der Waals surface area (Å²) in [6.45, 7) is 1.92. The van der Waals surface area contributed by atoms with E-state index < -0.39 is 11.7 Å². The zero-order chi connectivity index (χ0) is 29.1. The van der Waals surface area contributed by atoms with E-state index in [1.807, 2.05) is 30.3 Å². The number of rotatable bonds is 11. The zero-order valence-electron chi connectivity index (χ0n) is 22.3. The number of nitrogen functional groups attached to an aromatic ring is 1. The van der Waals surface area contributed by atoms with Crippen LogP contribution in [0.4, 0.5) is 0 Å². The Morgan fingerprint density at radius 1 is 1.12 bits per heavy atom. The van der Waals surface area contributed by atoms with E-state index >= 15 is 0 Å². The maximum Gasteiger partial charge on any atom is 0.349 e. The minimum absolute atomic E-state index is 0.000980. The lowest BCUT2D eigenvalue weighted by molar-refractivity contribution is -0.134. The van der Waals surface area contributed by atoms with Gasteiger partial charge in [0, 0.05) is 31.7 Å². The number of amidine groups is 1. The van der Waals surface area contributed by atoms with Crippen molar-refractivity contribution in [2.75, 3.05) is 27.4 Å². The van der Waals surface area contributed by atoms with Crippen molar-refractivity contribution >= 4 is 11.8 Å². The Hall–Kier alpha value is -5.04. The highest BCUT2D eigenvalue weighted by Gasteiger charge is 2.23. The van der Waals surface area contributed by atoms with E-state index in [0.29, 0.717) is 48.3 Å². The van der Waals surface area contributed by atoms with Gasteiger partial charge in [-0.05, 0) is 41.8 Å². The van der Waals surface area contributed by atoms with Crippen molar-refractivity contribution < 1.29 is 24.1 Å². The molecule has 1 unspecified atom stereocenters. The minimum atomic E-state index is -0.833. The molecule has 2 aromatic heterocycles. The number of ether oxygens (including phenoxy) is 3. The fourth-order valence-corrected chi connectivity index (χ4v) is 3.74. The zero-order valence-corrected chi connectivity index (χ0v) is 22.3. The van der Waals surface area contributed by atoms with E-state index in [-0.39, 0.29) is 11.8 Å². The van der Waals surface area contributed by atoms with E-state index in [1.165, 1.54) is 10.9 Å². The average Bonchev–Trinajstić information content (AvgIpc) is 3.33. The standard InChI is InChI=1S/C25H27N7O4.C2H4O2/c1-34-12-13-36-20-10-9-18(15-21(20)35-2)19(14-16-5-7-17(8-6-16)23(26)27)24-29-25(33)32(31-24)22-4-3-11-28-30-22;1-2(3)4/h3-11,15,19H,12-14H2,1-2H3,(H3,26,27)(H,29,31,33);1H3,(H,3,4). The predicted molar refractivity (Wildman–Crippen MR) is 146 cm³/mol. The highest BCUT2D eigenvalue weighted by Crippen LogP contribution is 2.34. The SMILES string of the molecule is CC(=O)O.COCCOc1ccc(C(Cc2ccc(C(=N)N)cc2)c2nn(-c3cccnn3)c(=O)[nH]2)cc1OC. The van der Waals surface area contributed by atoms with Crippen LogP contribution in [-0.4, -0.2) is 69.3 Å². The fourth-order valence-electron chi connectivity index (χ4n) is 3.74. The number of hydrogen-bond acceptors (Lipinski definition) is 9. The van der Waals surface area contributed by atoms with E-state index in [0.717, 1.165) is 18.1 Å². The number of carboxylic acids is 1. The molecular formula is C27H31N7O6. The maximum atomic E-state index is 12.8. The number of carbonyl (C=O) groups is 1. The first-order chi connectivity index (χ1) is 19.2. The van der Waals surface area contributed by atoms with Crippen molar-refractivity contribution in [2.24, 2.45) is 5.73 Å². The summed E-state index contributed by atoms with van der Waals surface area (Å²) in [6.07, 6.45) is 2.04. The molecule has 0 aliphatic rings. The number of methoxy groups -OCH3 is 2. The molecule has 0 spiro atoms. The topological polar surface area (TPSA) is 191 Å². The van der Waals surface area contributed by atoms with E-state index in [1.54, 1.807) is 38.5 Å². The molecule has 4 aromatic rings. The third kappa shape index (κ3) is 7.98. The number of aromatic amines is 1. The van der Waals surface area contributed by atoms with Gasteiger partial charge in [0.2, 0.25) is 0 Å². The van der Waals surface area contributed by atoms with Gasteiger partial charge in [0.25, 0.3) is 5.97 Å². The highest BCUT2D eigenvalue weighted by molar-refractivity contribution is 5.94. The number of benzene rings is 2. The average molecular weight is 550 g/mol. The van der Waals surface area contributed by atoms with Crippen LogP contribution in [0.3, 0.4) is 0 Å². The van der Waals surface area contributed by atoms with Crippen molar-refractivity contribution in [1.29, 1.82) is 5.41 Å². The summed E-state index contributed by atoms with van der Waals surface area (Å²) in [4.78, 5) is 24.6. The number of nitrogens with zero attached hydrogens (tertiary/aromatic N) is 4. The first-order valence-electron chi connectivity index (χ1n) is 12.1. The molecule has 0 bridgehead atoms. The smallest absolute Gasteiger partial charge is 0.349 e. The van der Waals surface area contributed by atoms with Crippen LogP contribution in [0, 0.1) is 5.41 Å². The van der Waals surface area contributed by atoms with E-state index in [9.17, 15) is 4.79 Å². The Balaban J connectivity index is 0.00000103. The third-order valence-electron chi connectivity index (χ3n) is 5.58. The van der Waals surface area contributed by atoms with Crippen LogP contribution in [0.25, 0.3) is 5.82 Å². The van der Waals surface area contributed by atoms with Crippen molar-refractivity contribution in [3.8, 4) is 17.3 Å². The predicted octanol–water partition coefficient (Wildman–Crippen LogP) is 2.13. The Kier molecular flexibility index (Phi) is 10.5. The number of H-pyrrole nitrogens is 1. The van der Waals surface area contributed by atoms with Crippen molar-refractivity contribution in [3.63, 3.8) is 0 Å². The van der Waals surface area contributed by atoms with Gasteiger partial charge >= 0.3 is 5.69 Å². The lowest BCUT2D eigenvalue weighted by Gasteiger charge is -2.18. The quantitative estimate of drug-likeness (QED) is 0.122. The molecule has 0 radical (unpaired) electrons. The normalized spacial score (nSPS) is 11.2. The van der Waals surface area contributed by atoms with Gasteiger partial charge in [0.1, 0.15) is 18.3 Å². The molecule has 40 heavy (non-hydrogen) atoms. The summed E-state index contributed by atoms with van der Waals surface area (Å²) in [5, 5.41) is 27.4. The van der Waals surface area contributed by atoms with Crippen molar-refractivity contribution in [2.45, 2.75) is 19.3 Å². The number of aromatic nitrogens is 5. The van der Waals surface area contributed by atoms with Gasteiger partial charge in [0.05, 0.1) is 13.7 Å². The Morgan fingerprint density at radius 2 is 1.85 bits per heavy atom. The first kappa shape index (κ1) is 29.5. The second-order valence-corrected chi connectivity index (χ2v) is 8.45. The van der Waals surface area contributed by atoms with E-state index in [4.69, 9.17) is 35.3 Å². The van der Waals surface area contributed by atoms with Gasteiger partial charge in [-0.15, -0.1) is 10.2 Å². The molecule has 1 atom stereocenters. The maximum absolute atomic E-state index is 12.8. The molecule has 5 N–H and O–H groups in total. The summed E-state index contributed by atoms with van der Waals surface area (Å²) in [5.41, 5.74) is 7.64. The van der Waals surface area contributed by atoms with Crippen LogP contribution in [0.15, 0.2) is 65.6 Å². The Morgan fingerprint density at radius 3 is 2.45 bits per heavy atom. The number of aliphatic carboxylic acids is 1. The molecule has 2 aromatic carbocycles. The molecule has 0 saturated heterocycles. The second-order valence-electron chi connectivity index (χ2n) is 8.45. The third-order valence-corrected chi connectivity index (χ3v) is 5.58. The van der Waals surface area contributed by atoms with Crippen LogP contribution in [0.1, 0.15) is 35.4 Å². The van der Waals surface area contributed by atoms with Crippen LogP contribution < -0.4 is 20.9 Å². The fraction of sp³-hybridized carbons (Fsp3) is 0.259. The van der Waals surface area contributed by atoms with Gasteiger partial charge in [-0.25, -0.2) is 4.79 Å². The second kappa shape index (κ2) is 14.2. The molecule has 13 nitrogen and oxygen atoms in total. The largest absolute Gasteiger partial charge is 0.493 e. The van der Waals surface area contributed by atoms with E-state index in [2.05, 4.69) is 20.3 Å². The molecule has 210 valence electrons. The number of carboxylic acid groups (broad SMARTS) is 1. The molecule has 0 saturated carbocycles.